The third-order valence-electron chi connectivity index (χ3n) is 20.9. The number of carboxylic acid groups (broad SMARTS) is 1. The number of aryl methyl sites for hydroxylation is 6. The van der Waals surface area contributed by atoms with Gasteiger partial charge in [0.25, 0.3) is 0 Å². The predicted molar refractivity (Wildman–Crippen MR) is 502 cm³/mol. The lowest BCUT2D eigenvalue weighted by Crippen LogP contribution is -2.44. The molecule has 2 N–H and O–H groups in total. The van der Waals surface area contributed by atoms with Crippen molar-refractivity contribution in [2.24, 2.45) is 0 Å². The number of hydrogen-bond acceptors (Lipinski definition) is 25. The fourth-order valence-corrected chi connectivity index (χ4v) is 16.1. The van der Waals surface area contributed by atoms with E-state index in [4.69, 9.17) is 14.6 Å². The molecule has 37 heteroatoms. The third kappa shape index (κ3) is 27.2. The molecular formula is C95H106Br3F3N18O13. The molecule has 15 rings (SSSR count). The highest BCUT2D eigenvalue weighted by Crippen LogP contribution is 2.36. The van der Waals surface area contributed by atoms with E-state index >= 15 is 0 Å². The number of amides is 2. The highest BCUT2D eigenvalue weighted by atomic mass is 79.9. The summed E-state index contributed by atoms with van der Waals surface area (Å²) in [6.45, 7) is 25.6. The number of aromatic nitrogens is 15. The van der Waals surface area contributed by atoms with Crippen molar-refractivity contribution in [2.45, 2.75) is 225 Å². The molecule has 6 atom stereocenters. The summed E-state index contributed by atoms with van der Waals surface area (Å²) in [5.41, 5.74) is 11.2. The number of pyridine rings is 3. The number of hydrogen-bond donors (Lipinski definition) is 2. The summed E-state index contributed by atoms with van der Waals surface area (Å²) in [5, 5.41) is 26.8. The number of carbonyl (C=O) groups is 10. The molecule has 31 nitrogen and oxygen atoms in total. The number of halogens is 6. The molecule has 0 bridgehead atoms. The monoisotopic (exact) mass is 2000 g/mol. The number of carbonyl (C=O) groups excluding carboxylic acids is 9. The van der Waals surface area contributed by atoms with Crippen LogP contribution in [0.4, 0.5) is 18.0 Å². The van der Waals surface area contributed by atoms with Gasteiger partial charge in [-0.05, 0) is 237 Å². The van der Waals surface area contributed by atoms with Crippen LogP contribution in [0.1, 0.15) is 179 Å². The number of aliphatic carboxylic acids is 1. The Bertz CT molecular complexity index is 6300. The minimum atomic E-state index is -1.30. The molecule has 3 aliphatic heterocycles. The second kappa shape index (κ2) is 44.7. The smallest absolute Gasteiger partial charge is 0.411 e. The number of Topliss-reactive ketones (excluding diaryl/α,β-unsaturated/α-hetero) is 6. The van der Waals surface area contributed by atoms with Gasteiger partial charge in [-0.15, -0.1) is 0 Å². The molecule has 0 unspecified atom stereocenters. The van der Waals surface area contributed by atoms with E-state index in [1.807, 2.05) is 97.9 Å². The second-order valence-corrected chi connectivity index (χ2v) is 36.2. The van der Waals surface area contributed by atoms with Gasteiger partial charge in [0, 0.05) is 134 Å². The number of carboxylic acids is 1. The minimum absolute atomic E-state index is 0. The van der Waals surface area contributed by atoms with Crippen LogP contribution in [0.25, 0.3) is 66.1 Å². The van der Waals surface area contributed by atoms with Crippen LogP contribution in [-0.4, -0.2) is 215 Å². The van der Waals surface area contributed by atoms with E-state index in [9.17, 15) is 61.1 Å². The lowest BCUT2D eigenvalue weighted by Gasteiger charge is -2.27. The standard InChI is InChI=1S/C28H26BrFN6O3.C21H24N4O3.C17H16N4O3.C16H20BrFN2O3.C11H12BrFN2O.2CH4/c1-15-7-23-22(10-21(15)18-11-31-17(3)32-12-18)28(16(2)37)34-36(23)14-27(39)35-13-19(30)8-24(35)25(38)9-20-5-4-6-26(29)33-20;1-12-7-18-17(8-16(12)15-9-22-14(3)23-10-15)20(13(2)26)24-25(18)11-19(27)28-21(4,5)6;1-9-4-15-14(5-13(9)12-6-18-11(3)19-7-12)17(10(2)22)20-21(15)8-16(23)24;1-16(2,3)23-15(22)20-9-10(18)7-12(20)13(21)8-11-5-4-6-14(17)19-11;12-11-3-1-2-8(15-11)5-10(16)9-4-7(13)6-14-9;;/h4-7,10-12,19,24H,8-9,13-14H2,1-3H3;7-10H,11H2,1-6H3;4-7H,8H2,1-3H3,(H,23,24);4-6,10,12H,7-9H2,1-3H3;1-3,7,9,14H,4-6H2;2*1H4/t19-,24+;;;10-,12+;7-,9+;;/m1..11../s1. The molecule has 0 saturated carbocycles. The Kier molecular flexibility index (Phi) is 35.0. The number of likely N-dealkylation sites (tertiary alicyclic amines) is 2. The van der Waals surface area contributed by atoms with Gasteiger partial charge in [0.05, 0.1) is 67.0 Å². The Morgan fingerprint density at radius 3 is 1.11 bits per heavy atom. The van der Waals surface area contributed by atoms with Crippen molar-refractivity contribution in [2.75, 3.05) is 19.6 Å². The van der Waals surface area contributed by atoms with Crippen molar-refractivity contribution in [1.82, 2.24) is 89.3 Å². The summed E-state index contributed by atoms with van der Waals surface area (Å²) in [6, 6.07) is 25.1. The average molecular weight is 2000 g/mol. The van der Waals surface area contributed by atoms with Crippen molar-refractivity contribution in [3.63, 3.8) is 0 Å². The van der Waals surface area contributed by atoms with Gasteiger partial charge in [0.15, 0.2) is 34.7 Å². The fourth-order valence-electron chi connectivity index (χ4n) is 14.9. The fraction of sp³-hybridized carbons (Fsp3) is 0.389. The summed E-state index contributed by atoms with van der Waals surface area (Å²) in [5.74, 6) is -0.962. The van der Waals surface area contributed by atoms with Crippen molar-refractivity contribution in [3.05, 3.63) is 210 Å². The quantitative estimate of drug-likeness (QED) is 0.0383. The topological polar surface area (TPSA) is 397 Å². The highest BCUT2D eigenvalue weighted by Gasteiger charge is 2.43. The van der Waals surface area contributed by atoms with Crippen LogP contribution in [0.5, 0.6) is 0 Å². The Hall–Kier alpha value is -12.4. The molecule has 3 fully saturated rings. The summed E-state index contributed by atoms with van der Waals surface area (Å²) in [4.78, 5) is 163. The maximum Gasteiger partial charge on any atom is 0.411 e. The number of nitrogens with zero attached hydrogens (tertiary/aromatic N) is 17. The minimum Gasteiger partial charge on any atom is -0.480 e. The average Bonchev–Trinajstić information content (AvgIpc) is 1.61. The number of ketones is 6. The lowest BCUT2D eigenvalue weighted by atomic mass is 9.99. The van der Waals surface area contributed by atoms with Gasteiger partial charge in [-0.1, -0.05) is 33.1 Å². The van der Waals surface area contributed by atoms with Gasteiger partial charge >= 0.3 is 18.0 Å². The first-order valence-electron chi connectivity index (χ1n) is 41.6. The van der Waals surface area contributed by atoms with Gasteiger partial charge in [-0.25, -0.2) is 62.8 Å². The molecular weight excluding hydrogens is 1900 g/mol. The molecule has 3 aliphatic rings. The summed E-state index contributed by atoms with van der Waals surface area (Å²) in [6.07, 6.45) is 6.87. The van der Waals surface area contributed by atoms with E-state index in [-0.39, 0.29) is 145 Å². The van der Waals surface area contributed by atoms with Crippen LogP contribution in [0.3, 0.4) is 0 Å². The number of rotatable bonds is 21. The lowest BCUT2D eigenvalue weighted by molar-refractivity contribution is -0.155. The molecule has 3 aromatic carbocycles. The zero-order valence-electron chi connectivity index (χ0n) is 74.3. The highest BCUT2D eigenvalue weighted by molar-refractivity contribution is 9.11. The number of alkyl halides is 3. The molecule has 0 radical (unpaired) electrons. The van der Waals surface area contributed by atoms with Crippen molar-refractivity contribution in [1.29, 1.82) is 0 Å². The largest absolute Gasteiger partial charge is 0.480 e. The molecule has 0 spiro atoms. The Labute approximate surface area is 787 Å². The van der Waals surface area contributed by atoms with E-state index in [1.165, 1.54) is 44.6 Å². The van der Waals surface area contributed by atoms with E-state index in [0.717, 1.165) is 50.1 Å². The van der Waals surface area contributed by atoms with E-state index in [0.29, 0.717) is 86.8 Å². The second-order valence-electron chi connectivity index (χ2n) is 33.7. The van der Waals surface area contributed by atoms with Crippen LogP contribution >= 0.6 is 47.8 Å². The van der Waals surface area contributed by atoms with Crippen LogP contribution in [0.2, 0.25) is 0 Å². The van der Waals surface area contributed by atoms with E-state index in [1.54, 1.807) is 113 Å². The third-order valence-corrected chi connectivity index (χ3v) is 22.2. The first-order chi connectivity index (χ1) is 61.3. The number of nitrogens with one attached hydrogen (secondary N) is 1. The first-order valence-corrected chi connectivity index (χ1v) is 43.9. The number of ether oxygens (including phenoxy) is 2. The summed E-state index contributed by atoms with van der Waals surface area (Å²) >= 11 is 9.78. The molecule has 9 aromatic heterocycles. The predicted octanol–water partition coefficient (Wildman–Crippen LogP) is 16.5. The molecule has 2 amide bonds. The van der Waals surface area contributed by atoms with E-state index in [2.05, 4.69) is 113 Å². The number of esters is 1. The zero-order valence-corrected chi connectivity index (χ0v) is 79.0. The van der Waals surface area contributed by atoms with Crippen molar-refractivity contribution < 1.29 is 75.7 Å². The SMILES string of the molecule is C.C.CC(=O)c1nn(CC(=O)N2C[C@H](F)C[C@H]2C(=O)Cc2cccc(Br)n2)c2cc(C)c(-c3cnc(C)nc3)cc12.CC(=O)c1nn(CC(=O)O)c2cc(C)c(-c3cnc(C)nc3)cc12.CC(=O)c1nn(CC(=O)OC(C)(C)C)c2cc(C)c(-c3cnc(C)nc3)cc12.CC(C)(C)OC(=O)N1C[C@H](F)C[C@H]1C(=O)Cc1cccc(Br)n1.O=C(Cc1cccc(Br)n1)[C@@H]1C[C@@H](F)CN1. The Morgan fingerprint density at radius 1 is 0.447 bits per heavy atom. The normalized spacial score (nSPS) is 16.2. The van der Waals surface area contributed by atoms with Crippen molar-refractivity contribution in [3.8, 4) is 33.4 Å². The Balaban J connectivity index is 0.000000190. The summed E-state index contributed by atoms with van der Waals surface area (Å²) < 4.78 is 58.1. The van der Waals surface area contributed by atoms with Crippen LogP contribution in [0, 0.1) is 41.5 Å². The zero-order chi connectivity index (χ0) is 94.7. The molecule has 3 saturated heterocycles. The van der Waals surface area contributed by atoms with Gasteiger partial charge in [-0.2, -0.15) is 15.3 Å². The van der Waals surface area contributed by atoms with Crippen LogP contribution < -0.4 is 5.32 Å². The molecule has 12 heterocycles. The number of benzene rings is 3. The van der Waals surface area contributed by atoms with Crippen LogP contribution in [-0.2, 0) is 77.1 Å². The Morgan fingerprint density at radius 2 is 0.780 bits per heavy atom. The molecule has 696 valence electrons. The van der Waals surface area contributed by atoms with Crippen LogP contribution in [0.15, 0.2) is 142 Å². The van der Waals surface area contributed by atoms with Gasteiger partial charge in [0.2, 0.25) is 5.91 Å². The summed E-state index contributed by atoms with van der Waals surface area (Å²) in [7, 11) is 0. The van der Waals surface area contributed by atoms with E-state index < -0.39 is 65.7 Å². The van der Waals surface area contributed by atoms with Gasteiger partial charge in [-0.3, -0.25) is 62.1 Å². The molecule has 12 aromatic rings. The van der Waals surface area contributed by atoms with Gasteiger partial charge < -0.3 is 24.8 Å². The molecule has 132 heavy (non-hydrogen) atoms. The number of fused-ring (bicyclic) bond motifs is 3. The maximum atomic E-state index is 14.5. The molecule has 0 aliphatic carbocycles. The van der Waals surface area contributed by atoms with Crippen molar-refractivity contribution >= 4 is 139 Å². The maximum absolute atomic E-state index is 14.5. The van der Waals surface area contributed by atoms with Gasteiger partial charge in [0.1, 0.15) is 97.7 Å². The first kappa shape index (κ1) is 103.